The van der Waals surface area contributed by atoms with Crippen LogP contribution < -0.4 is 5.73 Å². The van der Waals surface area contributed by atoms with Crippen LogP contribution in [-0.2, 0) is 4.79 Å². The van der Waals surface area contributed by atoms with Crippen molar-refractivity contribution >= 4 is 5.91 Å². The van der Waals surface area contributed by atoms with Gasteiger partial charge in [0.05, 0.1) is 5.92 Å². The van der Waals surface area contributed by atoms with Crippen molar-refractivity contribution < 1.29 is 4.79 Å². The third kappa shape index (κ3) is 3.35. The molecule has 1 aromatic rings. The van der Waals surface area contributed by atoms with E-state index in [9.17, 15) is 4.79 Å². The predicted octanol–water partition coefficient (Wildman–Crippen LogP) is 1.49. The summed E-state index contributed by atoms with van der Waals surface area (Å²) < 4.78 is 0. The average molecular weight is 264 g/mol. The second-order valence-electron chi connectivity index (χ2n) is 5.36. The van der Waals surface area contributed by atoms with Crippen LogP contribution >= 0.6 is 0 Å². The number of carbonyl (C=O) groups is 1. The fraction of sp³-hybridized carbons (Fsp3) is 0.714. The molecule has 0 bridgehead atoms. The summed E-state index contributed by atoms with van der Waals surface area (Å²) in [4.78, 5) is 14.4. The molecule has 2 atom stereocenters. The molecule has 5 nitrogen and oxygen atoms in total. The van der Waals surface area contributed by atoms with Crippen LogP contribution in [0.25, 0.3) is 0 Å². The summed E-state index contributed by atoms with van der Waals surface area (Å²) in [6.07, 6.45) is 5.84. The van der Waals surface area contributed by atoms with Crippen molar-refractivity contribution in [1.82, 2.24) is 15.1 Å². The maximum atomic E-state index is 12.5. The summed E-state index contributed by atoms with van der Waals surface area (Å²) in [5, 5.41) is 7.02. The number of likely N-dealkylation sites (tertiary alicyclic amines) is 1. The van der Waals surface area contributed by atoms with E-state index in [-0.39, 0.29) is 11.8 Å². The average Bonchev–Trinajstić information content (AvgIpc) is 2.98. The SMILES string of the molecule is CCCC(CN)C(=O)N1CCCC(c2ccn[nH]2)C1. The molecule has 1 aliphatic rings. The summed E-state index contributed by atoms with van der Waals surface area (Å²) in [6, 6.07) is 2.01. The Balaban J connectivity index is 1.98. The van der Waals surface area contributed by atoms with Gasteiger partial charge in [-0.25, -0.2) is 0 Å². The number of carbonyl (C=O) groups excluding carboxylic acids is 1. The maximum absolute atomic E-state index is 12.5. The van der Waals surface area contributed by atoms with E-state index in [1.165, 1.54) is 0 Å². The van der Waals surface area contributed by atoms with Gasteiger partial charge < -0.3 is 10.6 Å². The minimum Gasteiger partial charge on any atom is -0.342 e. The van der Waals surface area contributed by atoms with Gasteiger partial charge in [0, 0.05) is 37.4 Å². The monoisotopic (exact) mass is 264 g/mol. The summed E-state index contributed by atoms with van der Waals surface area (Å²) in [5.74, 6) is 0.610. The van der Waals surface area contributed by atoms with Gasteiger partial charge >= 0.3 is 0 Å². The topological polar surface area (TPSA) is 75.0 Å². The first kappa shape index (κ1) is 14.1. The summed E-state index contributed by atoms with van der Waals surface area (Å²) in [6.45, 7) is 4.21. The molecule has 1 fully saturated rings. The quantitative estimate of drug-likeness (QED) is 0.846. The first-order valence-corrected chi connectivity index (χ1v) is 7.24. The number of H-pyrrole nitrogens is 1. The Morgan fingerprint density at radius 3 is 3.16 bits per heavy atom. The molecule has 0 radical (unpaired) electrons. The molecule has 1 amide bonds. The number of aromatic nitrogens is 2. The molecule has 5 heteroatoms. The van der Waals surface area contributed by atoms with E-state index in [0.29, 0.717) is 12.5 Å². The lowest BCUT2D eigenvalue weighted by atomic mass is 9.93. The largest absolute Gasteiger partial charge is 0.342 e. The van der Waals surface area contributed by atoms with Crippen LogP contribution in [0, 0.1) is 5.92 Å². The highest BCUT2D eigenvalue weighted by atomic mass is 16.2. The van der Waals surface area contributed by atoms with Crippen molar-refractivity contribution in [1.29, 1.82) is 0 Å². The lowest BCUT2D eigenvalue weighted by molar-refractivity contribution is -0.136. The highest BCUT2D eigenvalue weighted by Gasteiger charge is 2.28. The van der Waals surface area contributed by atoms with Gasteiger partial charge in [0.1, 0.15) is 0 Å². The van der Waals surface area contributed by atoms with E-state index in [4.69, 9.17) is 5.73 Å². The van der Waals surface area contributed by atoms with Gasteiger partial charge in [-0.15, -0.1) is 0 Å². The lowest BCUT2D eigenvalue weighted by Crippen LogP contribution is -2.44. The van der Waals surface area contributed by atoms with Crippen LogP contribution in [0.2, 0.25) is 0 Å². The van der Waals surface area contributed by atoms with Crippen molar-refractivity contribution in [3.63, 3.8) is 0 Å². The molecule has 2 rings (SSSR count). The number of rotatable bonds is 5. The number of piperidine rings is 1. The lowest BCUT2D eigenvalue weighted by Gasteiger charge is -2.34. The summed E-state index contributed by atoms with van der Waals surface area (Å²) in [7, 11) is 0. The molecule has 2 unspecified atom stereocenters. The van der Waals surface area contributed by atoms with Gasteiger partial charge in [0.2, 0.25) is 5.91 Å². The zero-order chi connectivity index (χ0) is 13.7. The van der Waals surface area contributed by atoms with Crippen molar-refractivity contribution in [2.45, 2.75) is 38.5 Å². The molecule has 0 aromatic carbocycles. The van der Waals surface area contributed by atoms with E-state index >= 15 is 0 Å². The van der Waals surface area contributed by atoms with E-state index in [0.717, 1.165) is 44.5 Å². The Kier molecular flexibility index (Phi) is 4.96. The molecule has 0 spiro atoms. The van der Waals surface area contributed by atoms with Crippen molar-refractivity contribution in [3.05, 3.63) is 18.0 Å². The van der Waals surface area contributed by atoms with E-state index in [1.807, 2.05) is 11.0 Å². The molecule has 3 N–H and O–H groups in total. The molecule has 0 aliphatic carbocycles. The standard InChI is InChI=1S/C14H24N4O/c1-2-4-11(9-15)14(19)18-8-3-5-12(10-18)13-6-7-16-17-13/h6-7,11-12H,2-5,8-10,15H2,1H3,(H,16,17). The van der Waals surface area contributed by atoms with E-state index in [1.54, 1.807) is 6.20 Å². The van der Waals surface area contributed by atoms with Gasteiger partial charge in [0.25, 0.3) is 0 Å². The Morgan fingerprint density at radius 1 is 1.68 bits per heavy atom. The van der Waals surface area contributed by atoms with Crippen LogP contribution in [0.3, 0.4) is 0 Å². The van der Waals surface area contributed by atoms with Crippen LogP contribution in [0.4, 0.5) is 0 Å². The number of nitrogens with two attached hydrogens (primary N) is 1. The van der Waals surface area contributed by atoms with Crippen molar-refractivity contribution in [3.8, 4) is 0 Å². The molecule has 106 valence electrons. The van der Waals surface area contributed by atoms with E-state index in [2.05, 4.69) is 17.1 Å². The second kappa shape index (κ2) is 6.70. The van der Waals surface area contributed by atoms with Gasteiger partial charge in [-0.3, -0.25) is 9.89 Å². The van der Waals surface area contributed by atoms with Crippen LogP contribution in [-0.4, -0.2) is 40.6 Å². The van der Waals surface area contributed by atoms with Gasteiger partial charge in [-0.2, -0.15) is 5.10 Å². The van der Waals surface area contributed by atoms with Crippen molar-refractivity contribution in [2.24, 2.45) is 11.7 Å². The third-order valence-electron chi connectivity index (χ3n) is 3.97. The minimum atomic E-state index is -0.00878. The molecule has 19 heavy (non-hydrogen) atoms. The predicted molar refractivity (Wildman–Crippen MR) is 74.6 cm³/mol. The van der Waals surface area contributed by atoms with E-state index < -0.39 is 0 Å². The highest BCUT2D eigenvalue weighted by Crippen LogP contribution is 2.26. The molecule has 1 aliphatic heterocycles. The zero-order valence-electron chi connectivity index (χ0n) is 11.6. The van der Waals surface area contributed by atoms with Crippen LogP contribution in [0.1, 0.15) is 44.2 Å². The zero-order valence-corrected chi connectivity index (χ0v) is 11.6. The fourth-order valence-corrected chi connectivity index (χ4v) is 2.87. The molecule has 1 saturated heterocycles. The van der Waals surface area contributed by atoms with Crippen molar-refractivity contribution in [2.75, 3.05) is 19.6 Å². The molecular weight excluding hydrogens is 240 g/mol. The van der Waals surface area contributed by atoms with Crippen LogP contribution in [0.5, 0.6) is 0 Å². The van der Waals surface area contributed by atoms with Gasteiger partial charge in [0.15, 0.2) is 0 Å². The first-order valence-electron chi connectivity index (χ1n) is 7.24. The number of hydrogen-bond donors (Lipinski definition) is 2. The minimum absolute atomic E-state index is 0.00878. The van der Waals surface area contributed by atoms with Crippen LogP contribution in [0.15, 0.2) is 12.3 Å². The fourth-order valence-electron chi connectivity index (χ4n) is 2.87. The Hall–Kier alpha value is -1.36. The number of nitrogens with one attached hydrogen (secondary N) is 1. The molecule has 1 aromatic heterocycles. The third-order valence-corrected chi connectivity index (χ3v) is 3.97. The number of aromatic amines is 1. The molecular formula is C14H24N4O. The smallest absolute Gasteiger partial charge is 0.226 e. The Morgan fingerprint density at radius 2 is 2.53 bits per heavy atom. The normalized spacial score (nSPS) is 21.4. The number of nitrogens with zero attached hydrogens (tertiary/aromatic N) is 2. The number of hydrogen-bond acceptors (Lipinski definition) is 3. The molecule has 2 heterocycles. The Labute approximate surface area is 114 Å². The maximum Gasteiger partial charge on any atom is 0.226 e. The highest BCUT2D eigenvalue weighted by molar-refractivity contribution is 5.79. The number of amides is 1. The molecule has 0 saturated carbocycles. The second-order valence-corrected chi connectivity index (χ2v) is 5.36. The Bertz CT molecular complexity index is 390. The summed E-state index contributed by atoms with van der Waals surface area (Å²) in [5.41, 5.74) is 6.87. The van der Waals surface area contributed by atoms with Gasteiger partial charge in [-0.1, -0.05) is 13.3 Å². The summed E-state index contributed by atoms with van der Waals surface area (Å²) >= 11 is 0. The van der Waals surface area contributed by atoms with Gasteiger partial charge in [-0.05, 0) is 25.3 Å². The first-order chi connectivity index (χ1) is 9.26.